The van der Waals surface area contributed by atoms with Crippen LogP contribution in [0.2, 0.25) is 0 Å². The lowest BCUT2D eigenvalue weighted by molar-refractivity contribution is 0.539. The molecule has 10 heteroatoms. The molecule has 0 aliphatic heterocycles. The average Bonchev–Trinajstić information content (AvgIpc) is 3.07. The van der Waals surface area contributed by atoms with Crippen LogP contribution in [0.1, 0.15) is 33.0 Å². The van der Waals surface area contributed by atoms with Crippen molar-refractivity contribution >= 4 is 33.8 Å². The highest BCUT2D eigenvalue weighted by atomic mass is 32.2. The van der Waals surface area contributed by atoms with Gasteiger partial charge < -0.3 is 4.98 Å². The summed E-state index contributed by atoms with van der Waals surface area (Å²) in [6, 6.07) is 7.59. The van der Waals surface area contributed by atoms with E-state index < -0.39 is 11.2 Å². The molecule has 4 rings (SSSR count). The van der Waals surface area contributed by atoms with Gasteiger partial charge in [-0.3, -0.25) is 18.5 Å². The Bertz CT molecular complexity index is 1500. The number of thioether (sulfide) groups is 1. The van der Waals surface area contributed by atoms with Crippen molar-refractivity contribution in [1.29, 1.82) is 0 Å². The van der Waals surface area contributed by atoms with Crippen molar-refractivity contribution in [2.24, 2.45) is 14.1 Å². The number of benzene rings is 1. The summed E-state index contributed by atoms with van der Waals surface area (Å²) in [5, 5.41) is 0.902. The number of H-pyrrole nitrogens is 1. The molecule has 0 unspecified atom stereocenters. The number of aromatic nitrogens is 6. The van der Waals surface area contributed by atoms with Gasteiger partial charge in [0.15, 0.2) is 5.65 Å². The predicted octanol–water partition coefficient (Wildman–Crippen LogP) is 2.15. The third-order valence-electron chi connectivity index (χ3n) is 5.38. The van der Waals surface area contributed by atoms with Gasteiger partial charge in [0.05, 0.1) is 11.0 Å². The van der Waals surface area contributed by atoms with Gasteiger partial charge in [0.25, 0.3) is 5.56 Å². The second-order valence-electron chi connectivity index (χ2n) is 8.81. The van der Waals surface area contributed by atoms with Gasteiger partial charge in [-0.05, 0) is 18.6 Å². The molecule has 3 aromatic heterocycles. The van der Waals surface area contributed by atoms with Crippen LogP contribution in [0.15, 0.2) is 43.7 Å². The Hall–Kier alpha value is -3.14. The Morgan fingerprint density at radius 2 is 1.75 bits per heavy atom. The number of para-hydroxylation sites is 2. The van der Waals surface area contributed by atoms with Crippen molar-refractivity contribution in [3.8, 4) is 0 Å². The zero-order valence-electron chi connectivity index (χ0n) is 18.8. The van der Waals surface area contributed by atoms with Gasteiger partial charge >= 0.3 is 11.4 Å². The normalized spacial score (nSPS) is 12.2. The molecule has 0 saturated carbocycles. The van der Waals surface area contributed by atoms with Crippen molar-refractivity contribution in [2.75, 3.05) is 5.75 Å². The van der Waals surface area contributed by atoms with Gasteiger partial charge in [-0.1, -0.05) is 32.9 Å². The molecular weight excluding hydrogens is 428 g/mol. The molecule has 0 saturated heterocycles. The molecule has 0 radical (unpaired) electrons. The first-order chi connectivity index (χ1) is 15.1. The Labute approximate surface area is 188 Å². The van der Waals surface area contributed by atoms with Crippen molar-refractivity contribution in [3.05, 3.63) is 61.4 Å². The Morgan fingerprint density at radius 3 is 2.47 bits per heavy atom. The largest absolute Gasteiger partial charge is 0.332 e. The molecule has 0 aliphatic carbocycles. The lowest BCUT2D eigenvalue weighted by Gasteiger charge is -2.19. The summed E-state index contributed by atoms with van der Waals surface area (Å²) in [5.41, 5.74) is 0.712. The molecule has 1 N–H and O–H groups in total. The molecule has 0 amide bonds. The fraction of sp³-hybridized carbons (Fsp3) is 0.409. The summed E-state index contributed by atoms with van der Waals surface area (Å²) in [6.07, 6.45) is 0.703. The number of aromatic amines is 1. The van der Waals surface area contributed by atoms with Crippen molar-refractivity contribution in [1.82, 2.24) is 28.7 Å². The molecule has 0 fully saturated rings. The molecule has 4 aromatic rings. The van der Waals surface area contributed by atoms with E-state index >= 15 is 0 Å². The lowest BCUT2D eigenvalue weighted by Crippen LogP contribution is -2.38. The second-order valence-corrected chi connectivity index (χ2v) is 9.89. The highest BCUT2D eigenvalue weighted by Gasteiger charge is 2.23. The van der Waals surface area contributed by atoms with Gasteiger partial charge in [-0.25, -0.2) is 19.6 Å². The topological polar surface area (TPSA) is 108 Å². The Morgan fingerprint density at radius 1 is 1.03 bits per heavy atom. The van der Waals surface area contributed by atoms with E-state index in [0.29, 0.717) is 40.6 Å². The molecule has 168 valence electrons. The molecule has 0 spiro atoms. The van der Waals surface area contributed by atoms with Gasteiger partial charge in [0, 0.05) is 31.8 Å². The summed E-state index contributed by atoms with van der Waals surface area (Å²) >= 11 is 1.45. The number of rotatable bonds is 5. The third kappa shape index (κ3) is 3.79. The maximum absolute atomic E-state index is 12.9. The highest BCUT2D eigenvalue weighted by Crippen LogP contribution is 2.27. The summed E-state index contributed by atoms with van der Waals surface area (Å²) in [4.78, 5) is 49.7. The van der Waals surface area contributed by atoms with E-state index in [4.69, 9.17) is 4.98 Å². The van der Waals surface area contributed by atoms with Crippen LogP contribution in [0.5, 0.6) is 0 Å². The van der Waals surface area contributed by atoms with Gasteiger partial charge in [-0.15, -0.1) is 11.8 Å². The summed E-state index contributed by atoms with van der Waals surface area (Å²) in [5.74, 6) is 1.22. The summed E-state index contributed by atoms with van der Waals surface area (Å²) in [6.45, 7) is 6.52. The monoisotopic (exact) mass is 454 g/mol. The van der Waals surface area contributed by atoms with Gasteiger partial charge in [-0.2, -0.15) is 0 Å². The summed E-state index contributed by atoms with van der Waals surface area (Å²) in [7, 11) is 3.07. The van der Waals surface area contributed by atoms with Crippen LogP contribution in [-0.4, -0.2) is 34.4 Å². The minimum atomic E-state index is -0.421. The molecule has 9 nitrogen and oxygen atoms in total. The SMILES string of the molecule is Cn1c(=O)c2c(SCCCn3c(=O)[nH]c4ccccc43)nc(C(C)(C)C)nc2n(C)c1=O. The van der Waals surface area contributed by atoms with E-state index in [1.165, 1.54) is 23.4 Å². The number of fused-ring (bicyclic) bond motifs is 2. The molecule has 0 aliphatic rings. The molecule has 0 atom stereocenters. The van der Waals surface area contributed by atoms with Crippen LogP contribution in [0.3, 0.4) is 0 Å². The molecule has 0 bridgehead atoms. The van der Waals surface area contributed by atoms with E-state index in [-0.39, 0.29) is 11.1 Å². The zero-order chi connectivity index (χ0) is 23.2. The third-order valence-corrected chi connectivity index (χ3v) is 6.45. The molecule has 3 heterocycles. The predicted molar refractivity (Wildman–Crippen MR) is 127 cm³/mol. The fourth-order valence-corrected chi connectivity index (χ4v) is 4.53. The van der Waals surface area contributed by atoms with E-state index in [0.717, 1.165) is 15.6 Å². The second kappa shape index (κ2) is 8.09. The summed E-state index contributed by atoms with van der Waals surface area (Å²) < 4.78 is 4.19. The van der Waals surface area contributed by atoms with Crippen molar-refractivity contribution in [3.63, 3.8) is 0 Å². The molecule has 1 aromatic carbocycles. The van der Waals surface area contributed by atoms with E-state index in [1.807, 2.05) is 45.0 Å². The standard InChI is InChI=1S/C22H26N6O3S/c1-22(2,3)19-24-16-15(18(29)27(5)21(31)26(16)4)17(25-19)32-12-8-11-28-14-10-7-6-9-13(14)23-20(28)30/h6-7,9-10H,8,11-12H2,1-5H3,(H,23,30). The van der Waals surface area contributed by atoms with Gasteiger partial charge in [0.1, 0.15) is 16.2 Å². The maximum Gasteiger partial charge on any atom is 0.332 e. The minimum absolute atomic E-state index is 0.137. The van der Waals surface area contributed by atoms with Crippen LogP contribution in [0, 0.1) is 0 Å². The number of imidazole rings is 1. The number of nitrogens with zero attached hydrogens (tertiary/aromatic N) is 5. The Kier molecular flexibility index (Phi) is 5.58. The quantitative estimate of drug-likeness (QED) is 0.281. The Balaban J connectivity index is 1.67. The van der Waals surface area contributed by atoms with E-state index in [2.05, 4.69) is 9.97 Å². The van der Waals surface area contributed by atoms with E-state index in [1.54, 1.807) is 11.6 Å². The minimum Gasteiger partial charge on any atom is -0.306 e. The lowest BCUT2D eigenvalue weighted by atomic mass is 9.96. The van der Waals surface area contributed by atoms with Crippen molar-refractivity contribution < 1.29 is 0 Å². The van der Waals surface area contributed by atoms with Crippen LogP contribution in [-0.2, 0) is 26.1 Å². The van der Waals surface area contributed by atoms with Crippen LogP contribution < -0.4 is 16.9 Å². The first-order valence-electron chi connectivity index (χ1n) is 10.4. The van der Waals surface area contributed by atoms with E-state index in [9.17, 15) is 14.4 Å². The fourth-order valence-electron chi connectivity index (χ4n) is 3.59. The van der Waals surface area contributed by atoms with Crippen LogP contribution in [0.4, 0.5) is 0 Å². The highest BCUT2D eigenvalue weighted by molar-refractivity contribution is 7.99. The number of hydrogen-bond acceptors (Lipinski definition) is 6. The van der Waals surface area contributed by atoms with Crippen LogP contribution in [0.25, 0.3) is 22.1 Å². The number of aryl methyl sites for hydroxylation is 2. The smallest absolute Gasteiger partial charge is 0.306 e. The zero-order valence-corrected chi connectivity index (χ0v) is 19.6. The average molecular weight is 455 g/mol. The molecule has 32 heavy (non-hydrogen) atoms. The number of hydrogen-bond donors (Lipinski definition) is 1. The van der Waals surface area contributed by atoms with Gasteiger partial charge in [0.2, 0.25) is 0 Å². The maximum atomic E-state index is 12.9. The van der Waals surface area contributed by atoms with Crippen molar-refractivity contribution in [2.45, 2.75) is 44.2 Å². The van der Waals surface area contributed by atoms with Crippen LogP contribution >= 0.6 is 11.8 Å². The molecular formula is C22H26N6O3S. The number of nitrogens with one attached hydrogen (secondary N) is 1. The first kappa shape index (κ1) is 22.1. The first-order valence-corrected chi connectivity index (χ1v) is 11.4.